The van der Waals surface area contributed by atoms with E-state index in [1.54, 1.807) is 0 Å². The number of hydrogen-bond donors (Lipinski definition) is 1. The largest absolute Gasteiger partial charge is 0.392 e. The summed E-state index contributed by atoms with van der Waals surface area (Å²) in [5.41, 5.74) is 5.06. The van der Waals surface area contributed by atoms with E-state index in [4.69, 9.17) is 5.73 Å². The summed E-state index contributed by atoms with van der Waals surface area (Å²) in [4.78, 5) is 22.0. The summed E-state index contributed by atoms with van der Waals surface area (Å²) in [5.74, 6) is -1.18. The van der Waals surface area contributed by atoms with Gasteiger partial charge in [-0.3, -0.25) is 9.59 Å². The van der Waals surface area contributed by atoms with Gasteiger partial charge in [0.05, 0.1) is 6.54 Å². The summed E-state index contributed by atoms with van der Waals surface area (Å²) >= 11 is 0. The highest BCUT2D eigenvalue weighted by atomic mass is 16.6. The van der Waals surface area contributed by atoms with E-state index in [1.165, 1.54) is 25.7 Å². The molecular formula is C22H35NO3. The number of rotatable bonds is 15. The van der Waals surface area contributed by atoms with Crippen molar-refractivity contribution in [3.8, 4) is 0 Å². The second kappa shape index (κ2) is 19.4. The Hall–Kier alpha value is -1.94. The topological polar surface area (TPSA) is 69.4 Å². The van der Waals surface area contributed by atoms with Crippen molar-refractivity contribution < 1.29 is 14.3 Å². The van der Waals surface area contributed by atoms with Gasteiger partial charge in [0.2, 0.25) is 0 Å². The van der Waals surface area contributed by atoms with Crippen molar-refractivity contribution in [2.24, 2.45) is 5.73 Å². The number of carbonyl (C=O) groups excluding carboxylic acids is 2. The molecule has 0 fully saturated rings. The van der Waals surface area contributed by atoms with Crippen LogP contribution in [0.4, 0.5) is 0 Å². The van der Waals surface area contributed by atoms with Crippen LogP contribution in [0.2, 0.25) is 0 Å². The molecule has 2 N–H and O–H groups in total. The second-order valence-electron chi connectivity index (χ2n) is 6.03. The minimum Gasteiger partial charge on any atom is -0.392 e. The van der Waals surface area contributed by atoms with Gasteiger partial charge in [0.1, 0.15) is 0 Å². The van der Waals surface area contributed by atoms with E-state index in [-0.39, 0.29) is 13.0 Å². The molecule has 0 aliphatic rings. The van der Waals surface area contributed by atoms with Crippen molar-refractivity contribution in [1.29, 1.82) is 0 Å². The summed E-state index contributed by atoms with van der Waals surface area (Å²) in [5, 5.41) is 0. The quantitative estimate of drug-likeness (QED) is 0.189. The van der Waals surface area contributed by atoms with Crippen LogP contribution in [-0.4, -0.2) is 18.5 Å². The summed E-state index contributed by atoms with van der Waals surface area (Å²) in [6, 6.07) is 0. The molecule has 0 aliphatic heterocycles. The normalized spacial score (nSPS) is 12.1. The van der Waals surface area contributed by atoms with Gasteiger partial charge >= 0.3 is 11.9 Å². The van der Waals surface area contributed by atoms with E-state index in [2.05, 4.69) is 54.2 Å². The molecule has 0 unspecified atom stereocenters. The highest BCUT2D eigenvalue weighted by Gasteiger charge is 2.06. The van der Waals surface area contributed by atoms with Crippen LogP contribution >= 0.6 is 0 Å². The molecule has 0 saturated heterocycles. The number of ether oxygens (including phenoxy) is 1. The molecule has 0 aromatic rings. The van der Waals surface area contributed by atoms with Crippen LogP contribution in [0.5, 0.6) is 0 Å². The van der Waals surface area contributed by atoms with Crippen molar-refractivity contribution in [2.45, 2.75) is 71.1 Å². The van der Waals surface area contributed by atoms with E-state index in [0.29, 0.717) is 6.42 Å². The zero-order valence-electron chi connectivity index (χ0n) is 16.2. The van der Waals surface area contributed by atoms with Gasteiger partial charge in [-0.05, 0) is 44.9 Å². The number of nitrogens with two attached hydrogens (primary N) is 1. The number of carbonyl (C=O) groups is 2. The molecule has 0 atom stereocenters. The van der Waals surface area contributed by atoms with Crippen LogP contribution < -0.4 is 5.73 Å². The molecule has 0 aromatic heterocycles. The third-order valence-corrected chi connectivity index (χ3v) is 3.60. The van der Waals surface area contributed by atoms with Crippen LogP contribution in [0.15, 0.2) is 48.6 Å². The Kier molecular flexibility index (Phi) is 17.9. The van der Waals surface area contributed by atoms with Gasteiger partial charge in [0.15, 0.2) is 0 Å². The number of allylic oxidation sites excluding steroid dienone is 8. The lowest BCUT2D eigenvalue weighted by Crippen LogP contribution is -2.20. The average molecular weight is 362 g/mol. The third kappa shape index (κ3) is 18.4. The molecule has 146 valence electrons. The lowest BCUT2D eigenvalue weighted by atomic mass is 10.2. The Bertz CT molecular complexity index is 476. The molecule has 0 rings (SSSR count). The first-order valence-electron chi connectivity index (χ1n) is 9.74. The Morgan fingerprint density at radius 2 is 1.23 bits per heavy atom. The molecule has 0 aliphatic carbocycles. The van der Waals surface area contributed by atoms with Crippen LogP contribution in [-0.2, 0) is 14.3 Å². The zero-order chi connectivity index (χ0) is 19.3. The summed E-state index contributed by atoms with van der Waals surface area (Å²) in [6.45, 7) is 1.96. The van der Waals surface area contributed by atoms with Gasteiger partial charge in [-0.1, -0.05) is 68.4 Å². The van der Waals surface area contributed by atoms with E-state index in [9.17, 15) is 9.59 Å². The standard InChI is InChI=1S/C22H35NO3/c1-2-3-4-5-6-7-8-9-10-11-12-13-14-15-16-17-18-19-21(24)26-22(25)20-23/h6-7,9-10,12-13,15-16H,2-5,8,11,14,17-20,23H2,1H3. The van der Waals surface area contributed by atoms with Crippen molar-refractivity contribution in [3.05, 3.63) is 48.6 Å². The van der Waals surface area contributed by atoms with Crippen molar-refractivity contribution in [1.82, 2.24) is 0 Å². The predicted molar refractivity (Wildman–Crippen MR) is 109 cm³/mol. The molecule has 0 amide bonds. The van der Waals surface area contributed by atoms with E-state index in [0.717, 1.165) is 25.7 Å². The average Bonchev–Trinajstić information content (AvgIpc) is 2.64. The minimum atomic E-state index is -0.673. The SMILES string of the molecule is CCCCCC=CCC=CCC=CCC=CCCCC(=O)OC(=O)CN. The lowest BCUT2D eigenvalue weighted by Gasteiger charge is -1.99. The van der Waals surface area contributed by atoms with E-state index in [1.807, 2.05) is 6.08 Å². The van der Waals surface area contributed by atoms with Gasteiger partial charge in [0.25, 0.3) is 0 Å². The highest BCUT2D eigenvalue weighted by molar-refractivity contribution is 5.86. The number of hydrogen-bond acceptors (Lipinski definition) is 4. The van der Waals surface area contributed by atoms with Crippen molar-refractivity contribution >= 4 is 11.9 Å². The molecule has 0 radical (unpaired) electrons. The molecule has 4 heteroatoms. The van der Waals surface area contributed by atoms with Gasteiger partial charge in [-0.2, -0.15) is 0 Å². The Labute approximate surface area is 158 Å². The molecule has 0 spiro atoms. The van der Waals surface area contributed by atoms with Crippen molar-refractivity contribution in [3.63, 3.8) is 0 Å². The highest BCUT2D eigenvalue weighted by Crippen LogP contribution is 2.02. The molecular weight excluding hydrogens is 326 g/mol. The summed E-state index contributed by atoms with van der Waals surface area (Å²) < 4.78 is 4.48. The number of esters is 2. The number of unbranched alkanes of at least 4 members (excludes halogenated alkanes) is 4. The summed E-state index contributed by atoms with van der Waals surface area (Å²) in [6.07, 6.45) is 27.0. The Morgan fingerprint density at radius 3 is 1.73 bits per heavy atom. The first-order valence-corrected chi connectivity index (χ1v) is 9.74. The maximum Gasteiger partial charge on any atom is 0.327 e. The Balaban J connectivity index is 3.51. The van der Waals surface area contributed by atoms with Gasteiger partial charge in [0, 0.05) is 6.42 Å². The molecule has 4 nitrogen and oxygen atoms in total. The first-order chi connectivity index (χ1) is 12.7. The first kappa shape index (κ1) is 24.1. The molecule has 0 bridgehead atoms. The molecule has 0 saturated carbocycles. The molecule has 26 heavy (non-hydrogen) atoms. The third-order valence-electron chi connectivity index (χ3n) is 3.60. The lowest BCUT2D eigenvalue weighted by molar-refractivity contribution is -0.158. The maximum absolute atomic E-state index is 11.2. The monoisotopic (exact) mass is 361 g/mol. The van der Waals surface area contributed by atoms with Gasteiger partial charge in [-0.25, -0.2) is 0 Å². The zero-order valence-corrected chi connectivity index (χ0v) is 16.2. The van der Waals surface area contributed by atoms with Crippen LogP contribution in [0.1, 0.15) is 71.1 Å². The predicted octanol–water partition coefficient (Wildman–Crippen LogP) is 5.16. The Morgan fingerprint density at radius 1 is 0.731 bits per heavy atom. The van der Waals surface area contributed by atoms with Crippen LogP contribution in [0.25, 0.3) is 0 Å². The van der Waals surface area contributed by atoms with Crippen LogP contribution in [0, 0.1) is 0 Å². The van der Waals surface area contributed by atoms with Gasteiger partial charge < -0.3 is 10.5 Å². The fourth-order valence-corrected chi connectivity index (χ4v) is 2.14. The smallest absolute Gasteiger partial charge is 0.327 e. The second-order valence-corrected chi connectivity index (χ2v) is 6.03. The van der Waals surface area contributed by atoms with Crippen molar-refractivity contribution in [2.75, 3.05) is 6.54 Å². The minimum absolute atomic E-state index is 0.240. The maximum atomic E-state index is 11.2. The van der Waals surface area contributed by atoms with E-state index >= 15 is 0 Å². The fraction of sp³-hybridized carbons (Fsp3) is 0.545. The van der Waals surface area contributed by atoms with Crippen LogP contribution in [0.3, 0.4) is 0 Å². The molecule has 0 aromatic carbocycles. The summed E-state index contributed by atoms with van der Waals surface area (Å²) in [7, 11) is 0. The van der Waals surface area contributed by atoms with Gasteiger partial charge in [-0.15, -0.1) is 0 Å². The van der Waals surface area contributed by atoms with E-state index < -0.39 is 11.9 Å². The molecule has 0 heterocycles. The fourth-order valence-electron chi connectivity index (χ4n) is 2.14.